The van der Waals surface area contributed by atoms with Gasteiger partial charge in [-0.15, -0.1) is 0 Å². The van der Waals surface area contributed by atoms with Gasteiger partial charge < -0.3 is 80.5 Å². The van der Waals surface area contributed by atoms with Gasteiger partial charge in [-0.2, -0.15) is 0 Å². The van der Waals surface area contributed by atoms with Crippen molar-refractivity contribution in [1.29, 1.82) is 0 Å². The summed E-state index contributed by atoms with van der Waals surface area (Å²) in [5, 5.41) is 72.0. The fourth-order valence-corrected chi connectivity index (χ4v) is 17.7. The maximum atomic E-state index is 11.1. The molecule has 3 aromatic carbocycles. The van der Waals surface area contributed by atoms with Crippen LogP contribution in [0.25, 0.3) is 65.8 Å². The van der Waals surface area contributed by atoms with Gasteiger partial charge in [-0.3, -0.25) is 0 Å². The third kappa shape index (κ3) is 12.2. The average Bonchev–Trinajstić information content (AvgIpc) is 1.59. The quantitative estimate of drug-likeness (QED) is 0.0649. The van der Waals surface area contributed by atoms with E-state index in [4.69, 9.17) is 36.1 Å². The number of anilines is 3. The number of pyridine rings is 3. The number of fused-ring (bicyclic) bond motifs is 6. The highest BCUT2D eigenvalue weighted by Crippen LogP contribution is 2.54. The van der Waals surface area contributed by atoms with Crippen molar-refractivity contribution in [2.24, 2.45) is 10.8 Å². The van der Waals surface area contributed by atoms with Gasteiger partial charge in [0.2, 0.25) is 0 Å². The topological polar surface area (TPSA) is 367 Å². The maximum absolute atomic E-state index is 11.1. The number of hydrogen-bond donors (Lipinski definition) is 9. The number of aliphatic hydroxyl groups excluding tert-OH is 6. The number of aliphatic hydroxyl groups is 6. The van der Waals surface area contributed by atoms with Gasteiger partial charge in [-0.25, -0.2) is 44.9 Å². The molecule has 25 nitrogen and oxygen atoms in total. The van der Waals surface area contributed by atoms with Crippen molar-refractivity contribution in [2.45, 2.75) is 151 Å². The van der Waals surface area contributed by atoms with E-state index >= 15 is 0 Å². The van der Waals surface area contributed by atoms with Crippen molar-refractivity contribution in [3.63, 3.8) is 0 Å². The standard InChI is InChI=1S/2C25H26BrN5O3.C24H24BrN5O4/c2*1-13-17-4-5-31(24(17)29-12-28-13)20-10-25(22(33)21(20)32)9-16(34-11-25)6-14-2-3-15-8-18(26)23(27)30-19(15)7-14;1-12-16-4-5-30(22(16)28-11-27-12)23-19(31)20(32)24(34-23)9-15(33-10-24)6-13-2-3-14-8-17(25)21(26)29-18(14)7-13/h2*2-5,7-8,12,16,20-22,32-33H,6,9-11H2,1H3,(H2,27,30);2-5,7-8,11,15,19-20,23,31-32H,6,9-10H2,1H3,(H2,26,29). The second-order valence-corrected chi connectivity index (χ2v) is 31.1. The summed E-state index contributed by atoms with van der Waals surface area (Å²) in [6.07, 6.45) is 8.66. The molecule has 12 N–H and O–H groups in total. The molecule has 4 saturated heterocycles. The summed E-state index contributed by atoms with van der Waals surface area (Å²) in [7, 11) is 0. The largest absolute Gasteiger partial charge is 0.390 e. The van der Waals surface area contributed by atoms with Crippen molar-refractivity contribution < 1.29 is 49.6 Å². The number of halogens is 3. The van der Waals surface area contributed by atoms with Crippen molar-refractivity contribution in [3.05, 3.63) is 176 Å². The minimum atomic E-state index is -1.11. The lowest BCUT2D eigenvalue weighted by Gasteiger charge is -2.26. The predicted molar refractivity (Wildman–Crippen MR) is 394 cm³/mol. The van der Waals surface area contributed by atoms with Crippen LogP contribution in [0, 0.1) is 31.6 Å². The first-order chi connectivity index (χ1) is 49.0. The lowest BCUT2D eigenvalue weighted by atomic mass is 9.80. The van der Waals surface area contributed by atoms with E-state index < -0.39 is 59.3 Å². The number of benzene rings is 3. The summed E-state index contributed by atoms with van der Waals surface area (Å²) in [5.41, 5.74) is 26.5. The summed E-state index contributed by atoms with van der Waals surface area (Å²) >= 11 is 10.3. The Balaban J connectivity index is 0.000000118. The summed E-state index contributed by atoms with van der Waals surface area (Å²) in [6, 6.07) is 29.6. The number of nitrogens with zero attached hydrogens (tertiary/aromatic N) is 12. The van der Waals surface area contributed by atoms with Gasteiger partial charge in [0.25, 0.3) is 0 Å². The van der Waals surface area contributed by atoms with Gasteiger partial charge in [0.1, 0.15) is 83.4 Å². The van der Waals surface area contributed by atoms with Gasteiger partial charge in [0.05, 0.1) is 109 Å². The van der Waals surface area contributed by atoms with Crippen molar-refractivity contribution in [1.82, 2.24) is 58.6 Å². The van der Waals surface area contributed by atoms with E-state index in [9.17, 15) is 30.6 Å². The molecule has 102 heavy (non-hydrogen) atoms. The molecule has 4 aliphatic heterocycles. The number of aryl methyl sites for hydroxylation is 3. The minimum absolute atomic E-state index is 0.0446. The first-order valence-electron chi connectivity index (χ1n) is 34.0. The van der Waals surface area contributed by atoms with Crippen molar-refractivity contribution in [3.8, 4) is 0 Å². The Morgan fingerprint density at radius 1 is 0.431 bits per heavy atom. The Labute approximate surface area is 609 Å². The molecule has 18 rings (SSSR count). The molecule has 6 aliphatic rings. The van der Waals surface area contributed by atoms with E-state index in [0.29, 0.717) is 87.7 Å². The normalized spacial score (nSPS) is 29.1. The molecule has 13 heterocycles. The first kappa shape index (κ1) is 68.6. The molecule has 15 atom stereocenters. The Bertz CT molecular complexity index is 4740. The summed E-state index contributed by atoms with van der Waals surface area (Å²) in [4.78, 5) is 39.4. The van der Waals surface area contributed by atoms with Crippen LogP contribution in [0.1, 0.15) is 84.2 Å². The zero-order valence-corrected chi connectivity index (χ0v) is 60.6. The maximum Gasteiger partial charge on any atom is 0.164 e. The summed E-state index contributed by atoms with van der Waals surface area (Å²) < 4.78 is 32.8. The van der Waals surface area contributed by atoms with E-state index in [1.165, 1.54) is 6.33 Å². The number of aromatic nitrogens is 12. The molecule has 3 spiro atoms. The molecule has 28 heteroatoms. The van der Waals surface area contributed by atoms with Gasteiger partial charge in [-0.1, -0.05) is 36.4 Å². The summed E-state index contributed by atoms with van der Waals surface area (Å²) in [6.45, 7) is 6.84. The SMILES string of the molecule is Cc1ncnc2c1ccn2C1CC2(COC(Cc3ccc4cc(Br)c(N)nc4c3)C2)C(O)C1O.Cc1ncnc2c1ccn2C1CC2(COC(Cc3ccc4cc(Br)c(N)nc4c3)C2)C(O)C1O.Cc1ncnc2c1ccn2C1OC2(COC(Cc3ccc4cc(Br)c(N)nc4c3)C2)C(O)C1O. The third-order valence-electron chi connectivity index (χ3n) is 22.1. The molecule has 9 aromatic heterocycles. The fraction of sp³-hybridized carbons (Fsp3) is 0.392. The van der Waals surface area contributed by atoms with Crippen LogP contribution >= 0.6 is 47.8 Å². The lowest BCUT2D eigenvalue weighted by molar-refractivity contribution is -0.103. The zero-order valence-electron chi connectivity index (χ0n) is 55.9. The molecule has 15 unspecified atom stereocenters. The number of nitrogens with two attached hydrogens (primary N) is 3. The summed E-state index contributed by atoms with van der Waals surface area (Å²) in [5.74, 6) is 1.38. The molecule has 2 saturated carbocycles. The van der Waals surface area contributed by atoms with Crippen LogP contribution in [0.5, 0.6) is 0 Å². The Hall–Kier alpha value is -7.81. The van der Waals surface area contributed by atoms with Gasteiger partial charge >= 0.3 is 0 Å². The minimum Gasteiger partial charge on any atom is -0.390 e. The lowest BCUT2D eigenvalue weighted by Crippen LogP contribution is -2.43. The Morgan fingerprint density at radius 3 is 1.20 bits per heavy atom. The fourth-order valence-electron chi connectivity index (χ4n) is 16.7. The monoisotopic (exact) mass is 1570 g/mol. The van der Waals surface area contributed by atoms with Crippen LogP contribution in [0.2, 0.25) is 0 Å². The Morgan fingerprint density at radius 2 is 0.794 bits per heavy atom. The zero-order chi connectivity index (χ0) is 70.8. The van der Waals surface area contributed by atoms with E-state index in [1.54, 1.807) is 17.2 Å². The number of nitrogen functional groups attached to an aromatic ring is 3. The molecule has 6 fully saturated rings. The van der Waals surface area contributed by atoms with E-state index in [2.05, 4.69) is 105 Å². The molecule has 528 valence electrons. The molecule has 2 aliphatic carbocycles. The first-order valence-corrected chi connectivity index (χ1v) is 36.4. The van der Waals surface area contributed by atoms with Gasteiger partial charge in [0, 0.05) is 68.2 Å². The van der Waals surface area contributed by atoms with E-state index in [-0.39, 0.29) is 37.0 Å². The second kappa shape index (κ2) is 26.7. The highest BCUT2D eigenvalue weighted by Gasteiger charge is 2.60. The van der Waals surface area contributed by atoms with E-state index in [1.807, 2.05) is 127 Å². The average molecular weight is 1580 g/mol. The number of ether oxygens (including phenoxy) is 4. The van der Waals surface area contributed by atoms with Gasteiger partial charge in [-0.05, 0) is 185 Å². The highest BCUT2D eigenvalue weighted by atomic mass is 79.9. The predicted octanol–water partition coefficient (Wildman–Crippen LogP) is 9.29. The highest BCUT2D eigenvalue weighted by molar-refractivity contribution is 9.11. The molecule has 0 bridgehead atoms. The smallest absolute Gasteiger partial charge is 0.164 e. The Kier molecular flexibility index (Phi) is 18.0. The van der Waals surface area contributed by atoms with Crippen LogP contribution in [0.4, 0.5) is 17.5 Å². The van der Waals surface area contributed by atoms with Crippen LogP contribution in [0.3, 0.4) is 0 Å². The number of rotatable bonds is 9. The third-order valence-corrected chi connectivity index (χ3v) is 24.0. The molecular formula is C74H76Br3N15O10. The number of hydrogen-bond acceptors (Lipinski definition) is 22. The van der Waals surface area contributed by atoms with Crippen molar-refractivity contribution >= 4 is 131 Å². The van der Waals surface area contributed by atoms with Crippen LogP contribution in [0.15, 0.2) is 142 Å². The molecular weight excluding hydrogens is 1500 g/mol. The van der Waals surface area contributed by atoms with Crippen molar-refractivity contribution in [2.75, 3.05) is 37.0 Å². The second-order valence-electron chi connectivity index (χ2n) is 28.6. The molecule has 12 aromatic rings. The van der Waals surface area contributed by atoms with Crippen LogP contribution < -0.4 is 17.2 Å². The van der Waals surface area contributed by atoms with Gasteiger partial charge in [0.15, 0.2) is 6.23 Å². The molecule has 0 radical (unpaired) electrons. The van der Waals surface area contributed by atoms with E-state index in [0.717, 1.165) is 107 Å². The van der Waals surface area contributed by atoms with Crippen LogP contribution in [-0.4, -0.2) is 170 Å². The molecule has 0 amide bonds. The van der Waals surface area contributed by atoms with Crippen LogP contribution in [-0.2, 0) is 38.2 Å².